The van der Waals surface area contributed by atoms with Gasteiger partial charge in [0.1, 0.15) is 12.1 Å². The molecular formula is C28H37N3O9S. The summed E-state index contributed by atoms with van der Waals surface area (Å²) < 4.78 is 4.35. The molecule has 13 heteroatoms. The maximum Gasteiger partial charge on any atom is 0.346 e. The van der Waals surface area contributed by atoms with Crippen LogP contribution in [-0.2, 0) is 14.3 Å². The Balaban J connectivity index is 0.000000560. The molecule has 0 aromatic heterocycles. The first kappa shape index (κ1) is 36.9. The molecule has 2 aromatic carbocycles. The molecule has 2 atom stereocenters. The molecule has 41 heavy (non-hydrogen) atoms. The summed E-state index contributed by atoms with van der Waals surface area (Å²) in [5.74, 6) is -4.35. The Morgan fingerprint density at radius 1 is 0.756 bits per heavy atom. The molecule has 0 aliphatic carbocycles. The summed E-state index contributed by atoms with van der Waals surface area (Å²) in [4.78, 5) is 68.8. The summed E-state index contributed by atoms with van der Waals surface area (Å²) in [7, 11) is 0. The summed E-state index contributed by atoms with van der Waals surface area (Å²) in [6.07, 6.45) is 0. The van der Waals surface area contributed by atoms with Crippen molar-refractivity contribution >= 4 is 49.2 Å². The van der Waals surface area contributed by atoms with Crippen molar-refractivity contribution in [1.29, 1.82) is 0 Å². The van der Waals surface area contributed by atoms with Crippen molar-refractivity contribution in [2.75, 3.05) is 19.6 Å². The Bertz CT molecular complexity index is 1170. The number of carbonyl (C=O) groups excluding carboxylic acids is 4. The number of fused-ring (bicyclic) bond motifs is 2. The molecule has 12 nitrogen and oxygen atoms in total. The minimum absolute atomic E-state index is 0. The van der Waals surface area contributed by atoms with E-state index >= 15 is 0 Å². The average Bonchev–Trinajstić information content (AvgIpc) is 3.37. The Hall–Kier alpha value is -4.07. The Kier molecular flexibility index (Phi) is 15.8. The zero-order valence-electron chi connectivity index (χ0n) is 23.6. The lowest BCUT2D eigenvalue weighted by Crippen LogP contribution is -2.42. The lowest BCUT2D eigenvalue weighted by atomic mass is 10.1. The van der Waals surface area contributed by atoms with Crippen molar-refractivity contribution in [1.82, 2.24) is 9.80 Å². The highest BCUT2D eigenvalue weighted by Crippen LogP contribution is 2.24. The molecule has 0 spiro atoms. The van der Waals surface area contributed by atoms with Gasteiger partial charge in [-0.2, -0.15) is 13.5 Å². The van der Waals surface area contributed by atoms with Crippen molar-refractivity contribution in [3.05, 3.63) is 70.8 Å². The maximum atomic E-state index is 11.8. The number of amides is 2. The quantitative estimate of drug-likeness (QED) is 0.255. The lowest BCUT2D eigenvalue weighted by Gasteiger charge is -2.17. The van der Waals surface area contributed by atoms with Gasteiger partial charge in [-0.05, 0) is 57.7 Å². The van der Waals surface area contributed by atoms with Crippen LogP contribution in [-0.4, -0.2) is 87.4 Å². The van der Waals surface area contributed by atoms with E-state index in [1.165, 1.54) is 45.6 Å². The van der Waals surface area contributed by atoms with Gasteiger partial charge in [0.25, 0.3) is 11.8 Å². The monoisotopic (exact) mass is 591 g/mol. The number of ether oxygens (including phenoxy) is 1. The summed E-state index contributed by atoms with van der Waals surface area (Å²) in [6.45, 7) is 12.9. The number of imide groups is 1. The first-order valence-corrected chi connectivity index (χ1v) is 12.6. The summed E-state index contributed by atoms with van der Waals surface area (Å²) in [5, 5.41) is 16.7. The number of carboxylic acid groups (broad SMARTS) is 2. The van der Waals surface area contributed by atoms with Gasteiger partial charge < -0.3 is 25.6 Å². The predicted octanol–water partition coefficient (Wildman–Crippen LogP) is 2.63. The topological polar surface area (TPSA) is 185 Å². The van der Waals surface area contributed by atoms with Crippen LogP contribution in [0, 0.1) is 0 Å². The molecule has 0 saturated heterocycles. The van der Waals surface area contributed by atoms with Gasteiger partial charge in [-0.25, -0.2) is 14.4 Å². The number of nitrogens with two attached hydrogens (primary N) is 1. The smallest absolute Gasteiger partial charge is 0.346 e. The zero-order chi connectivity index (χ0) is 30.6. The first-order valence-electron chi connectivity index (χ1n) is 12.6. The summed E-state index contributed by atoms with van der Waals surface area (Å²) in [6, 6.07) is 11.0. The number of benzene rings is 2. The Morgan fingerprint density at radius 2 is 1.07 bits per heavy atom. The van der Waals surface area contributed by atoms with Crippen LogP contribution in [0.1, 0.15) is 76.1 Å². The third kappa shape index (κ3) is 10.1. The van der Waals surface area contributed by atoms with Gasteiger partial charge in [0.05, 0.1) is 22.3 Å². The number of rotatable bonds is 6. The number of carboxylic acids is 2. The van der Waals surface area contributed by atoms with Crippen molar-refractivity contribution in [2.45, 2.75) is 46.7 Å². The number of nitrogens with zero attached hydrogens (tertiary/aromatic N) is 2. The molecule has 0 saturated carbocycles. The molecule has 2 aliphatic rings. The van der Waals surface area contributed by atoms with Gasteiger partial charge in [0, 0.05) is 0 Å². The number of hydrogen-bond donors (Lipinski definition) is 3. The fourth-order valence-electron chi connectivity index (χ4n) is 3.37. The molecule has 224 valence electrons. The molecule has 2 aromatic rings. The van der Waals surface area contributed by atoms with Crippen LogP contribution in [0.5, 0.6) is 0 Å². The fraction of sp³-hybridized carbons (Fsp3) is 0.357. The van der Waals surface area contributed by atoms with Crippen LogP contribution in [0.4, 0.5) is 0 Å². The highest BCUT2D eigenvalue weighted by molar-refractivity contribution is 7.59. The molecule has 0 radical (unpaired) electrons. The van der Waals surface area contributed by atoms with Crippen molar-refractivity contribution in [3.8, 4) is 0 Å². The lowest BCUT2D eigenvalue weighted by molar-refractivity contribution is -0.141. The molecule has 2 amide bonds. The second kappa shape index (κ2) is 17.6. The van der Waals surface area contributed by atoms with E-state index in [0.717, 1.165) is 4.90 Å². The standard InChI is InChI=1S/C11H9NO4.C8H4O3.C6H15N.C3H7NO2.H2S/c1-6(11(15)16)12-9(13)7-4-2-3-5-8(7)10(12)14;9-7-5-3-1-2-4-6(5)8(10)11-7;1-4-7(5-2)6-3;1-2(4)3(5)6;/h2-6H,1H3,(H,15,16);1-4H;4-6H2,1-3H3;2H,4H2,1H3,(H,5,6);1H2. The number of aliphatic carboxylic acids is 2. The molecule has 0 fully saturated rings. The van der Waals surface area contributed by atoms with Gasteiger partial charge in [-0.1, -0.05) is 45.0 Å². The highest BCUT2D eigenvalue weighted by atomic mass is 32.1. The second-order valence-electron chi connectivity index (χ2n) is 8.51. The van der Waals surface area contributed by atoms with Gasteiger partial charge in [-0.15, -0.1) is 0 Å². The van der Waals surface area contributed by atoms with E-state index < -0.39 is 47.8 Å². The van der Waals surface area contributed by atoms with Gasteiger partial charge in [-0.3, -0.25) is 19.3 Å². The fourth-order valence-corrected chi connectivity index (χ4v) is 3.37. The van der Waals surface area contributed by atoms with E-state index in [-0.39, 0.29) is 24.6 Å². The SMILES string of the molecule is CC(C(=O)O)N1C(=O)c2ccccc2C1=O.CC(N)C(=O)O.CCN(CC)CC.O=C1OC(=O)c2ccccc21.S. The van der Waals surface area contributed by atoms with Crippen molar-refractivity contribution in [3.63, 3.8) is 0 Å². The van der Waals surface area contributed by atoms with Crippen molar-refractivity contribution in [2.24, 2.45) is 5.73 Å². The zero-order valence-corrected chi connectivity index (χ0v) is 24.6. The van der Waals surface area contributed by atoms with Gasteiger partial charge in [0.15, 0.2) is 0 Å². The normalized spacial score (nSPS) is 14.0. The number of cyclic esters (lactones) is 2. The summed E-state index contributed by atoms with van der Waals surface area (Å²) in [5.41, 5.74) is 6.08. The van der Waals surface area contributed by atoms with Crippen molar-refractivity contribution < 1.29 is 43.7 Å². The van der Waals surface area contributed by atoms with E-state index in [0.29, 0.717) is 11.1 Å². The van der Waals surface area contributed by atoms with E-state index in [2.05, 4.69) is 30.4 Å². The average molecular weight is 592 g/mol. The highest BCUT2D eigenvalue weighted by Gasteiger charge is 2.40. The number of hydrogen-bond acceptors (Lipinski definition) is 9. The maximum absolute atomic E-state index is 11.8. The van der Waals surface area contributed by atoms with E-state index in [1.807, 2.05) is 0 Å². The number of carbonyl (C=O) groups is 6. The first-order chi connectivity index (χ1) is 18.8. The minimum Gasteiger partial charge on any atom is -0.480 e. The minimum atomic E-state index is -1.20. The van der Waals surface area contributed by atoms with E-state index in [4.69, 9.17) is 15.9 Å². The Labute approximate surface area is 245 Å². The third-order valence-corrected chi connectivity index (χ3v) is 5.85. The summed E-state index contributed by atoms with van der Waals surface area (Å²) >= 11 is 0. The van der Waals surface area contributed by atoms with Crippen LogP contribution in [0.25, 0.3) is 0 Å². The van der Waals surface area contributed by atoms with Crippen LogP contribution in [0.15, 0.2) is 48.5 Å². The number of esters is 2. The second-order valence-corrected chi connectivity index (χ2v) is 8.51. The van der Waals surface area contributed by atoms with Crippen LogP contribution >= 0.6 is 13.5 Å². The van der Waals surface area contributed by atoms with Crippen LogP contribution in [0.3, 0.4) is 0 Å². The van der Waals surface area contributed by atoms with Gasteiger partial charge in [0.2, 0.25) is 0 Å². The van der Waals surface area contributed by atoms with E-state index in [9.17, 15) is 28.8 Å². The molecular weight excluding hydrogens is 554 g/mol. The van der Waals surface area contributed by atoms with Gasteiger partial charge >= 0.3 is 23.9 Å². The largest absolute Gasteiger partial charge is 0.480 e. The molecule has 4 rings (SSSR count). The van der Waals surface area contributed by atoms with E-state index in [1.54, 1.807) is 36.4 Å². The van der Waals surface area contributed by atoms with Crippen LogP contribution < -0.4 is 5.73 Å². The third-order valence-electron chi connectivity index (χ3n) is 5.85. The molecule has 0 bridgehead atoms. The molecule has 2 heterocycles. The predicted molar refractivity (Wildman–Crippen MR) is 155 cm³/mol. The molecule has 2 unspecified atom stereocenters. The van der Waals surface area contributed by atoms with Crippen LogP contribution in [0.2, 0.25) is 0 Å². The molecule has 4 N–H and O–H groups in total. The Morgan fingerprint density at radius 3 is 1.32 bits per heavy atom. The molecule has 2 aliphatic heterocycles.